The summed E-state index contributed by atoms with van der Waals surface area (Å²) >= 11 is 4.95. The van der Waals surface area contributed by atoms with Gasteiger partial charge in [-0.2, -0.15) is 0 Å². The Bertz CT molecular complexity index is 1110. The van der Waals surface area contributed by atoms with Crippen LogP contribution >= 0.6 is 12.2 Å². The molecule has 1 amide bonds. The number of anilines is 3. The second-order valence-corrected chi connectivity index (χ2v) is 7.58. The molecule has 1 atom stereocenters. The third-order valence-electron chi connectivity index (χ3n) is 4.61. The molecule has 0 bridgehead atoms. The summed E-state index contributed by atoms with van der Waals surface area (Å²) in [6, 6.07) is 9.51. The van der Waals surface area contributed by atoms with Crippen molar-refractivity contribution in [2.24, 2.45) is 0 Å². The quantitative estimate of drug-likeness (QED) is 0.481. The molecule has 0 unspecified atom stereocenters. The topological polar surface area (TPSA) is 97.0 Å². The Labute approximate surface area is 189 Å². The number of esters is 1. The monoisotopic (exact) mass is 459 g/mol. The molecule has 2 aromatic carbocycles. The van der Waals surface area contributed by atoms with E-state index in [0.29, 0.717) is 17.2 Å². The second kappa shape index (κ2) is 10.2. The smallest absolute Gasteiger partial charge is 0.414 e. The second-order valence-electron chi connectivity index (χ2n) is 6.96. The number of rotatable bonds is 7. The van der Waals surface area contributed by atoms with Crippen molar-refractivity contribution in [2.45, 2.75) is 20.0 Å². The lowest BCUT2D eigenvalue weighted by atomic mass is 10.2. The van der Waals surface area contributed by atoms with Gasteiger partial charge < -0.3 is 20.1 Å². The van der Waals surface area contributed by atoms with Gasteiger partial charge in [-0.15, -0.1) is 0 Å². The maximum absolute atomic E-state index is 14.8. The molecule has 3 rings (SSSR count). The lowest BCUT2D eigenvalue weighted by Gasteiger charge is -2.15. The van der Waals surface area contributed by atoms with Gasteiger partial charge in [0, 0.05) is 0 Å². The summed E-state index contributed by atoms with van der Waals surface area (Å²) in [5.41, 5.74) is 0.209. The predicted octanol–water partition coefficient (Wildman–Crippen LogP) is 3.37. The van der Waals surface area contributed by atoms with Crippen LogP contribution in [-0.4, -0.2) is 42.9 Å². The van der Waals surface area contributed by atoms with E-state index in [0.717, 1.165) is 0 Å². The molecule has 1 fully saturated rings. The fraction of sp³-hybridized carbons (Fsp3) is 0.273. The van der Waals surface area contributed by atoms with Crippen LogP contribution in [0.15, 0.2) is 47.3 Å². The van der Waals surface area contributed by atoms with E-state index in [1.807, 2.05) is 0 Å². The van der Waals surface area contributed by atoms with Gasteiger partial charge in [-0.3, -0.25) is 9.69 Å². The number of amides is 1. The molecule has 1 heterocycles. The van der Waals surface area contributed by atoms with Gasteiger partial charge in [0.25, 0.3) is 0 Å². The molecule has 0 radical (unpaired) electrons. The van der Waals surface area contributed by atoms with Crippen LogP contribution in [0.5, 0.6) is 0 Å². The minimum atomic E-state index is -0.664. The SMILES string of the molecule is CCOC(=O)c1ccc(Nc2ccc(N3C[C@H](CNC(C)=S)OC3=O)cc2F)c(=O)cc1. The molecule has 1 aliphatic heterocycles. The Morgan fingerprint density at radius 1 is 1.22 bits per heavy atom. The predicted molar refractivity (Wildman–Crippen MR) is 122 cm³/mol. The third-order valence-corrected chi connectivity index (χ3v) is 4.75. The van der Waals surface area contributed by atoms with Crippen LogP contribution in [0.2, 0.25) is 0 Å². The van der Waals surface area contributed by atoms with E-state index in [9.17, 15) is 18.8 Å². The number of carbonyl (C=O) groups is 2. The first-order chi connectivity index (χ1) is 15.3. The van der Waals surface area contributed by atoms with Crippen LogP contribution in [0.1, 0.15) is 24.2 Å². The minimum absolute atomic E-state index is 0.0387. The molecule has 0 saturated carbocycles. The fourth-order valence-electron chi connectivity index (χ4n) is 3.03. The van der Waals surface area contributed by atoms with Gasteiger partial charge in [-0.05, 0) is 56.3 Å². The van der Waals surface area contributed by atoms with E-state index in [-0.39, 0.29) is 30.1 Å². The zero-order valence-corrected chi connectivity index (χ0v) is 18.3. The highest BCUT2D eigenvalue weighted by molar-refractivity contribution is 7.80. The van der Waals surface area contributed by atoms with Crippen molar-refractivity contribution in [3.05, 3.63) is 64.1 Å². The normalized spacial score (nSPS) is 15.2. The number of thiocarbonyl (C=S) groups is 1. The maximum Gasteiger partial charge on any atom is 0.414 e. The number of ether oxygens (including phenoxy) is 2. The highest BCUT2D eigenvalue weighted by Crippen LogP contribution is 2.27. The van der Waals surface area contributed by atoms with Gasteiger partial charge in [-0.25, -0.2) is 14.0 Å². The van der Waals surface area contributed by atoms with Crippen molar-refractivity contribution >= 4 is 46.3 Å². The number of cyclic esters (lactones) is 1. The molecule has 1 aliphatic rings. The molecule has 32 heavy (non-hydrogen) atoms. The molecule has 1 saturated heterocycles. The van der Waals surface area contributed by atoms with Crippen molar-refractivity contribution in [3.8, 4) is 0 Å². The summed E-state index contributed by atoms with van der Waals surface area (Å²) in [4.78, 5) is 38.2. The summed E-state index contributed by atoms with van der Waals surface area (Å²) in [6.07, 6.45) is -0.996. The Morgan fingerprint density at radius 3 is 2.62 bits per heavy atom. The molecule has 0 spiro atoms. The first-order valence-electron chi connectivity index (χ1n) is 9.89. The zero-order chi connectivity index (χ0) is 23.3. The number of nitrogens with one attached hydrogen (secondary N) is 2. The highest BCUT2D eigenvalue weighted by atomic mass is 32.1. The molecule has 8 nitrogen and oxygen atoms in total. The lowest BCUT2D eigenvalue weighted by molar-refractivity contribution is 0.0526. The molecule has 2 aromatic rings. The van der Waals surface area contributed by atoms with Crippen LogP contribution in [0.3, 0.4) is 0 Å². The third kappa shape index (κ3) is 5.58. The summed E-state index contributed by atoms with van der Waals surface area (Å²) in [7, 11) is 0. The van der Waals surface area contributed by atoms with Crippen molar-refractivity contribution in [2.75, 3.05) is 29.9 Å². The van der Waals surface area contributed by atoms with E-state index in [2.05, 4.69) is 10.6 Å². The minimum Gasteiger partial charge on any atom is -0.462 e. The van der Waals surface area contributed by atoms with E-state index in [4.69, 9.17) is 21.7 Å². The average Bonchev–Trinajstić information content (AvgIpc) is 3.02. The maximum atomic E-state index is 14.8. The Balaban J connectivity index is 1.76. The van der Waals surface area contributed by atoms with Gasteiger partial charge >= 0.3 is 12.1 Å². The Morgan fingerprint density at radius 2 is 1.94 bits per heavy atom. The molecular weight excluding hydrogens is 437 g/mol. The zero-order valence-electron chi connectivity index (χ0n) is 17.5. The molecule has 10 heteroatoms. The van der Waals surface area contributed by atoms with Gasteiger partial charge in [0.1, 0.15) is 11.9 Å². The standard InChI is InChI=1S/C22H22FN3O5S/c1-3-30-21(28)14-4-7-19(20(27)9-5-14)25-18-8-6-15(10-17(18)23)26-12-16(31-22(26)29)11-24-13(2)32/h4-10,16H,3,11-12H2,1-2H3,(H,24,32)(H,25,27)/t16-/m0/s1. The van der Waals surface area contributed by atoms with Crippen molar-refractivity contribution in [3.63, 3.8) is 0 Å². The Kier molecular flexibility index (Phi) is 7.37. The Hall–Kier alpha value is -3.53. The summed E-state index contributed by atoms with van der Waals surface area (Å²) < 4.78 is 24.9. The van der Waals surface area contributed by atoms with E-state index in [1.54, 1.807) is 19.9 Å². The molecule has 2 N–H and O–H groups in total. The van der Waals surface area contributed by atoms with Crippen molar-refractivity contribution < 1.29 is 23.5 Å². The summed E-state index contributed by atoms with van der Waals surface area (Å²) in [5.74, 6) is -1.22. The molecule has 0 aliphatic carbocycles. The first kappa shape index (κ1) is 23.1. The molecular formula is C22H22FN3O5S. The van der Waals surface area contributed by atoms with Gasteiger partial charge in [-0.1, -0.05) is 12.2 Å². The number of nitrogens with zero attached hydrogens (tertiary/aromatic N) is 1. The first-order valence-corrected chi connectivity index (χ1v) is 10.3. The van der Waals surface area contributed by atoms with E-state index in [1.165, 1.54) is 41.3 Å². The summed E-state index contributed by atoms with van der Waals surface area (Å²) in [5, 5.41) is 5.67. The van der Waals surface area contributed by atoms with E-state index >= 15 is 0 Å². The fourth-order valence-corrected chi connectivity index (χ4v) is 3.12. The van der Waals surface area contributed by atoms with Crippen LogP contribution in [-0.2, 0) is 9.47 Å². The average molecular weight is 459 g/mol. The van der Waals surface area contributed by atoms with Gasteiger partial charge in [0.2, 0.25) is 5.43 Å². The van der Waals surface area contributed by atoms with Crippen molar-refractivity contribution in [1.82, 2.24) is 5.32 Å². The van der Waals surface area contributed by atoms with Crippen LogP contribution < -0.4 is 21.0 Å². The number of carbonyl (C=O) groups excluding carboxylic acids is 2. The van der Waals surface area contributed by atoms with Crippen molar-refractivity contribution in [1.29, 1.82) is 0 Å². The highest BCUT2D eigenvalue weighted by Gasteiger charge is 2.32. The van der Waals surface area contributed by atoms with Gasteiger partial charge in [0.05, 0.1) is 47.3 Å². The van der Waals surface area contributed by atoms with E-state index < -0.39 is 29.4 Å². The lowest BCUT2D eigenvalue weighted by Crippen LogP contribution is -2.32. The van der Waals surface area contributed by atoms with Crippen LogP contribution in [0.4, 0.5) is 26.2 Å². The number of hydrogen-bond donors (Lipinski definition) is 2. The number of benzene rings is 1. The van der Waals surface area contributed by atoms with Crippen LogP contribution in [0.25, 0.3) is 0 Å². The number of halogens is 1. The van der Waals surface area contributed by atoms with Crippen LogP contribution in [0, 0.1) is 5.82 Å². The molecule has 168 valence electrons. The summed E-state index contributed by atoms with van der Waals surface area (Å²) in [6.45, 7) is 4.22. The number of hydrogen-bond acceptors (Lipinski definition) is 7. The van der Waals surface area contributed by atoms with Gasteiger partial charge in [0.15, 0.2) is 0 Å². The molecule has 0 aromatic heterocycles. The largest absolute Gasteiger partial charge is 0.462 e.